The number of allylic oxidation sites excluding steroid dienone is 1. The monoisotopic (exact) mass is 448 g/mol. The van der Waals surface area contributed by atoms with Crippen LogP contribution in [-0.2, 0) is 6.54 Å². The van der Waals surface area contributed by atoms with Gasteiger partial charge in [-0.2, -0.15) is 0 Å². The van der Waals surface area contributed by atoms with E-state index in [-0.39, 0.29) is 6.54 Å². The average molecular weight is 449 g/mol. The van der Waals surface area contributed by atoms with Gasteiger partial charge in [0.05, 0.1) is 25.1 Å². The third kappa shape index (κ3) is 6.19. The fourth-order valence-corrected chi connectivity index (χ4v) is 3.33. The minimum Gasteiger partial charge on any atom is -0.493 e. The summed E-state index contributed by atoms with van der Waals surface area (Å²) in [7, 11) is 1.63. The number of nitrogens with one attached hydrogen (secondary N) is 1. The van der Waals surface area contributed by atoms with E-state index in [1.165, 1.54) is 25.0 Å². The maximum absolute atomic E-state index is 13.9. The second-order valence-electron chi connectivity index (χ2n) is 7.88. The molecule has 170 valence electrons. The van der Waals surface area contributed by atoms with Crippen LogP contribution in [0.2, 0.25) is 0 Å². The van der Waals surface area contributed by atoms with E-state index in [2.05, 4.69) is 10.3 Å². The van der Waals surface area contributed by atoms with Crippen molar-refractivity contribution in [1.82, 2.24) is 0 Å². The Hall–Kier alpha value is -3.67. The van der Waals surface area contributed by atoms with E-state index in [9.17, 15) is 8.78 Å². The molecule has 0 aromatic heterocycles. The molecule has 0 saturated heterocycles. The van der Waals surface area contributed by atoms with Crippen molar-refractivity contribution in [3.63, 3.8) is 0 Å². The summed E-state index contributed by atoms with van der Waals surface area (Å²) in [4.78, 5) is 4.53. The molecule has 0 unspecified atom stereocenters. The molecule has 1 N–H and O–H groups in total. The lowest BCUT2D eigenvalue weighted by atomic mass is 10.1. The summed E-state index contributed by atoms with van der Waals surface area (Å²) >= 11 is 0. The Balaban J connectivity index is 1.44. The lowest BCUT2D eigenvalue weighted by Crippen LogP contribution is -2.02. The van der Waals surface area contributed by atoms with E-state index in [4.69, 9.17) is 9.47 Å². The molecule has 3 aromatic carbocycles. The number of hydrogen-bond acceptors (Lipinski definition) is 4. The lowest BCUT2D eigenvalue weighted by Gasteiger charge is -2.13. The van der Waals surface area contributed by atoms with Gasteiger partial charge in [0.1, 0.15) is 11.6 Å². The summed E-state index contributed by atoms with van der Waals surface area (Å²) in [5.74, 6) is 0.910. The van der Waals surface area contributed by atoms with Crippen molar-refractivity contribution in [2.45, 2.75) is 19.4 Å². The molecule has 33 heavy (non-hydrogen) atoms. The standard InChI is InChI=1S/C27H26F2N2O2/c1-32-26-10-4-6-20(27(26)33-18-19-11-12-19)7-5-15-30-24-8-2-3-9-25(24)31-17-21-13-14-22(28)16-23(21)29/h2-10,13-16,19,31H,11-12,17-18H2,1H3/b7-5+,30-15?. The van der Waals surface area contributed by atoms with Crippen LogP contribution in [0.25, 0.3) is 6.08 Å². The van der Waals surface area contributed by atoms with Gasteiger partial charge in [-0.3, -0.25) is 4.99 Å². The predicted octanol–water partition coefficient (Wildman–Crippen LogP) is 6.79. The number of ether oxygens (including phenoxy) is 2. The molecular formula is C27H26F2N2O2. The Morgan fingerprint density at radius 1 is 1.06 bits per heavy atom. The summed E-state index contributed by atoms with van der Waals surface area (Å²) in [6, 6.07) is 16.8. The van der Waals surface area contributed by atoms with Gasteiger partial charge in [0, 0.05) is 30.0 Å². The highest BCUT2D eigenvalue weighted by molar-refractivity contribution is 5.83. The summed E-state index contributed by atoms with van der Waals surface area (Å²) in [6.45, 7) is 0.920. The topological polar surface area (TPSA) is 42.8 Å². The predicted molar refractivity (Wildman–Crippen MR) is 129 cm³/mol. The van der Waals surface area contributed by atoms with E-state index >= 15 is 0 Å². The quantitative estimate of drug-likeness (QED) is 0.347. The molecule has 0 spiro atoms. The van der Waals surface area contributed by atoms with Crippen LogP contribution in [0.3, 0.4) is 0 Å². The van der Waals surface area contributed by atoms with Crippen molar-refractivity contribution >= 4 is 23.7 Å². The Kier molecular flexibility index (Phi) is 7.35. The lowest BCUT2D eigenvalue weighted by molar-refractivity contribution is 0.280. The summed E-state index contributed by atoms with van der Waals surface area (Å²) < 4.78 is 38.5. The minimum absolute atomic E-state index is 0.222. The maximum atomic E-state index is 13.9. The average Bonchev–Trinajstić information content (AvgIpc) is 3.65. The van der Waals surface area contributed by atoms with Crippen molar-refractivity contribution in [3.05, 3.63) is 89.5 Å². The fraction of sp³-hybridized carbons (Fsp3) is 0.222. The first-order valence-corrected chi connectivity index (χ1v) is 10.9. The van der Waals surface area contributed by atoms with E-state index in [0.29, 0.717) is 29.5 Å². The SMILES string of the molecule is COc1cccc(/C=C/C=Nc2ccccc2NCc2ccc(F)cc2F)c1OCC1CC1. The molecule has 4 rings (SSSR count). The Morgan fingerprint density at radius 3 is 2.70 bits per heavy atom. The van der Waals surface area contributed by atoms with Crippen LogP contribution in [0.15, 0.2) is 71.7 Å². The second-order valence-corrected chi connectivity index (χ2v) is 7.88. The van der Waals surface area contributed by atoms with Crippen molar-refractivity contribution in [2.75, 3.05) is 19.0 Å². The molecular weight excluding hydrogens is 422 g/mol. The maximum Gasteiger partial charge on any atom is 0.168 e. The molecule has 1 saturated carbocycles. The third-order valence-corrected chi connectivity index (χ3v) is 5.35. The molecule has 4 nitrogen and oxygen atoms in total. The zero-order chi connectivity index (χ0) is 23.0. The first-order chi connectivity index (χ1) is 16.1. The molecule has 1 aliphatic rings. The largest absolute Gasteiger partial charge is 0.493 e. The van der Waals surface area contributed by atoms with Crippen molar-refractivity contribution in [1.29, 1.82) is 0 Å². The van der Waals surface area contributed by atoms with Crippen LogP contribution in [0.4, 0.5) is 20.2 Å². The Morgan fingerprint density at radius 2 is 1.91 bits per heavy atom. The van der Waals surface area contributed by atoms with Crippen molar-refractivity contribution in [3.8, 4) is 11.5 Å². The summed E-state index contributed by atoms with van der Waals surface area (Å²) in [5.41, 5.74) is 2.76. The first-order valence-electron chi connectivity index (χ1n) is 10.9. The zero-order valence-corrected chi connectivity index (χ0v) is 18.4. The molecule has 0 aliphatic heterocycles. The molecule has 0 amide bonds. The molecule has 6 heteroatoms. The van der Waals surface area contributed by atoms with Crippen molar-refractivity contribution in [2.24, 2.45) is 10.9 Å². The Labute approximate surface area is 192 Å². The van der Waals surface area contributed by atoms with Crippen LogP contribution in [0.1, 0.15) is 24.0 Å². The highest BCUT2D eigenvalue weighted by Gasteiger charge is 2.23. The molecule has 0 heterocycles. The molecule has 0 atom stereocenters. The number of aliphatic imine (C=N–C) groups is 1. The first kappa shape index (κ1) is 22.5. The number of anilines is 1. The van der Waals surface area contributed by atoms with Gasteiger partial charge in [-0.05, 0) is 55.2 Å². The van der Waals surface area contributed by atoms with Gasteiger partial charge >= 0.3 is 0 Å². The highest BCUT2D eigenvalue weighted by Crippen LogP contribution is 2.35. The van der Waals surface area contributed by atoms with Crippen LogP contribution in [0, 0.1) is 17.6 Å². The number of benzene rings is 3. The number of para-hydroxylation sites is 3. The number of nitrogens with zero attached hydrogens (tertiary/aromatic N) is 1. The van der Waals surface area contributed by atoms with Gasteiger partial charge in [0.15, 0.2) is 11.5 Å². The van der Waals surface area contributed by atoms with Crippen LogP contribution in [-0.4, -0.2) is 19.9 Å². The molecule has 0 bridgehead atoms. The summed E-state index contributed by atoms with van der Waals surface area (Å²) in [5, 5.41) is 3.17. The second kappa shape index (κ2) is 10.8. The normalized spacial score (nSPS) is 13.5. The Bertz CT molecular complexity index is 1160. The number of hydrogen-bond donors (Lipinski definition) is 1. The van der Waals surface area contributed by atoms with Gasteiger partial charge in [0.2, 0.25) is 0 Å². The number of rotatable bonds is 10. The van der Waals surface area contributed by atoms with E-state index in [1.54, 1.807) is 13.3 Å². The van der Waals surface area contributed by atoms with Gasteiger partial charge in [-0.15, -0.1) is 0 Å². The minimum atomic E-state index is -0.592. The van der Waals surface area contributed by atoms with Crippen molar-refractivity contribution < 1.29 is 18.3 Å². The van der Waals surface area contributed by atoms with Gasteiger partial charge in [-0.25, -0.2) is 8.78 Å². The van der Waals surface area contributed by atoms with Gasteiger partial charge in [-0.1, -0.05) is 30.3 Å². The zero-order valence-electron chi connectivity index (χ0n) is 18.4. The van der Waals surface area contributed by atoms with Crippen LogP contribution < -0.4 is 14.8 Å². The molecule has 1 fully saturated rings. The van der Waals surface area contributed by atoms with Crippen LogP contribution in [0.5, 0.6) is 11.5 Å². The van der Waals surface area contributed by atoms with Gasteiger partial charge < -0.3 is 14.8 Å². The highest BCUT2D eigenvalue weighted by atomic mass is 19.1. The van der Waals surface area contributed by atoms with E-state index in [1.807, 2.05) is 54.6 Å². The molecule has 0 radical (unpaired) electrons. The summed E-state index contributed by atoms with van der Waals surface area (Å²) in [6.07, 6.45) is 7.90. The smallest absolute Gasteiger partial charge is 0.168 e. The fourth-order valence-electron chi connectivity index (χ4n) is 3.33. The molecule has 1 aliphatic carbocycles. The number of methoxy groups -OCH3 is 1. The van der Waals surface area contributed by atoms with Crippen LogP contribution >= 0.6 is 0 Å². The third-order valence-electron chi connectivity index (χ3n) is 5.35. The number of halogens is 2. The van der Waals surface area contributed by atoms with E-state index in [0.717, 1.165) is 23.1 Å². The van der Waals surface area contributed by atoms with Gasteiger partial charge in [0.25, 0.3) is 0 Å². The molecule has 3 aromatic rings. The van der Waals surface area contributed by atoms with E-state index < -0.39 is 11.6 Å².